The van der Waals surface area contributed by atoms with Gasteiger partial charge in [0.1, 0.15) is 12.1 Å². The predicted octanol–water partition coefficient (Wildman–Crippen LogP) is 3.77. The van der Waals surface area contributed by atoms with Gasteiger partial charge in [0.15, 0.2) is 29.0 Å². The van der Waals surface area contributed by atoms with Crippen molar-refractivity contribution in [1.29, 1.82) is 0 Å². The van der Waals surface area contributed by atoms with Gasteiger partial charge in [0, 0.05) is 38.0 Å². The highest BCUT2D eigenvalue weighted by Crippen LogP contribution is 2.28. The number of anilines is 1. The van der Waals surface area contributed by atoms with E-state index in [-0.39, 0.29) is 24.0 Å². The van der Waals surface area contributed by atoms with Crippen molar-refractivity contribution in [3.8, 4) is 11.5 Å². The largest absolute Gasteiger partial charge is 0.461 e. The number of amides is 1. The lowest BCUT2D eigenvalue weighted by atomic mass is 9.92. The number of esters is 1. The minimum Gasteiger partial charge on any atom is -0.461 e. The maximum Gasteiger partial charge on any atom is 0.302 e. The van der Waals surface area contributed by atoms with Crippen LogP contribution in [0.25, 0.3) is 0 Å². The van der Waals surface area contributed by atoms with Gasteiger partial charge in [-0.25, -0.2) is 13.5 Å². The van der Waals surface area contributed by atoms with Crippen LogP contribution < -0.4 is 15.6 Å². The van der Waals surface area contributed by atoms with Crippen molar-refractivity contribution in [1.82, 2.24) is 19.6 Å². The SMILES string of the molecule is CC(=O)OC(C)Cn1nc(NC(=O)C(CC2CCOCC2)n2ncc(Oc3c(F)cccc3F)cc2=O)cc1C. The van der Waals surface area contributed by atoms with E-state index in [9.17, 15) is 23.2 Å². The summed E-state index contributed by atoms with van der Waals surface area (Å²) < 4.78 is 46.5. The third-order valence-corrected chi connectivity index (χ3v) is 6.46. The number of aromatic nitrogens is 4. The van der Waals surface area contributed by atoms with Crippen molar-refractivity contribution in [3.05, 3.63) is 64.2 Å². The zero-order chi connectivity index (χ0) is 28.8. The molecule has 40 heavy (non-hydrogen) atoms. The summed E-state index contributed by atoms with van der Waals surface area (Å²) in [4.78, 5) is 37.8. The number of halogens is 2. The van der Waals surface area contributed by atoms with Gasteiger partial charge in [-0.2, -0.15) is 10.2 Å². The number of carbonyl (C=O) groups excluding carboxylic acids is 2. The van der Waals surface area contributed by atoms with E-state index < -0.39 is 47.0 Å². The summed E-state index contributed by atoms with van der Waals surface area (Å²) in [5.74, 6) is -3.25. The van der Waals surface area contributed by atoms with Crippen LogP contribution in [0.4, 0.5) is 14.6 Å². The van der Waals surface area contributed by atoms with Gasteiger partial charge in [-0.05, 0) is 51.2 Å². The fourth-order valence-electron chi connectivity index (χ4n) is 4.53. The topological polar surface area (TPSA) is 127 Å². The number of aryl methyl sites for hydroxylation is 1. The molecule has 1 aliphatic rings. The molecule has 0 spiro atoms. The molecule has 214 valence electrons. The van der Waals surface area contributed by atoms with Crippen molar-refractivity contribution in [3.63, 3.8) is 0 Å². The number of ether oxygens (including phenoxy) is 3. The summed E-state index contributed by atoms with van der Waals surface area (Å²) in [5, 5.41) is 11.3. The number of para-hydroxylation sites is 1. The van der Waals surface area contributed by atoms with Gasteiger partial charge >= 0.3 is 5.97 Å². The van der Waals surface area contributed by atoms with Crippen LogP contribution in [-0.2, 0) is 25.6 Å². The fraction of sp³-hybridized carbons (Fsp3) is 0.444. The predicted molar refractivity (Wildman–Crippen MR) is 139 cm³/mol. The number of rotatable bonds is 10. The number of benzene rings is 1. The fourth-order valence-corrected chi connectivity index (χ4v) is 4.53. The van der Waals surface area contributed by atoms with Crippen molar-refractivity contribution in [2.45, 2.75) is 58.7 Å². The summed E-state index contributed by atoms with van der Waals surface area (Å²) in [7, 11) is 0. The second kappa shape index (κ2) is 12.8. The third kappa shape index (κ3) is 7.29. The van der Waals surface area contributed by atoms with Gasteiger partial charge in [0.2, 0.25) is 0 Å². The Hall–Kier alpha value is -4.13. The summed E-state index contributed by atoms with van der Waals surface area (Å²) in [6.07, 6.45) is 2.45. The summed E-state index contributed by atoms with van der Waals surface area (Å²) >= 11 is 0. The minimum atomic E-state index is -1.000. The number of hydrogen-bond donors (Lipinski definition) is 1. The number of carbonyl (C=O) groups is 2. The van der Waals surface area contributed by atoms with E-state index in [1.807, 2.05) is 0 Å². The van der Waals surface area contributed by atoms with E-state index in [1.165, 1.54) is 13.0 Å². The molecule has 1 aliphatic heterocycles. The Labute approximate surface area is 229 Å². The molecule has 2 aromatic heterocycles. The first-order valence-electron chi connectivity index (χ1n) is 12.9. The third-order valence-electron chi connectivity index (χ3n) is 6.46. The molecular weight excluding hydrogens is 528 g/mol. The molecule has 1 saturated heterocycles. The van der Waals surface area contributed by atoms with Crippen LogP contribution >= 0.6 is 0 Å². The molecule has 13 heteroatoms. The quantitative estimate of drug-likeness (QED) is 0.372. The molecule has 0 saturated carbocycles. The van der Waals surface area contributed by atoms with Gasteiger partial charge in [-0.15, -0.1) is 0 Å². The Morgan fingerprint density at radius 3 is 2.55 bits per heavy atom. The molecule has 0 bridgehead atoms. The number of hydrogen-bond acceptors (Lipinski definition) is 8. The van der Waals surface area contributed by atoms with E-state index in [4.69, 9.17) is 14.2 Å². The summed E-state index contributed by atoms with van der Waals surface area (Å²) in [6, 6.07) is 4.94. The van der Waals surface area contributed by atoms with Gasteiger partial charge in [-0.1, -0.05) is 6.07 Å². The zero-order valence-corrected chi connectivity index (χ0v) is 22.4. The number of nitrogens with one attached hydrogen (secondary N) is 1. The van der Waals surface area contributed by atoms with E-state index in [1.54, 1.807) is 24.6 Å². The molecule has 1 amide bonds. The number of nitrogens with zero attached hydrogens (tertiary/aromatic N) is 4. The van der Waals surface area contributed by atoms with Crippen LogP contribution in [0.5, 0.6) is 11.5 Å². The zero-order valence-electron chi connectivity index (χ0n) is 22.4. The summed E-state index contributed by atoms with van der Waals surface area (Å²) in [6.45, 7) is 6.24. The molecule has 3 aromatic rings. The Morgan fingerprint density at radius 2 is 1.90 bits per heavy atom. The Balaban J connectivity index is 1.56. The second-order valence-corrected chi connectivity index (χ2v) is 9.70. The first-order valence-corrected chi connectivity index (χ1v) is 12.9. The van der Waals surface area contributed by atoms with Gasteiger partial charge in [0.05, 0.1) is 12.7 Å². The Kier molecular flexibility index (Phi) is 9.25. The minimum absolute atomic E-state index is 0.102. The molecular formula is C27H31F2N5O6. The molecule has 11 nitrogen and oxygen atoms in total. The van der Waals surface area contributed by atoms with Gasteiger partial charge < -0.3 is 19.5 Å². The van der Waals surface area contributed by atoms with E-state index in [0.29, 0.717) is 32.5 Å². The standard InChI is InChI=1S/C27H31F2N5O6/c1-16-11-24(32-33(16)15-17(2)39-18(3)35)31-27(37)23(12-19-7-9-38-10-8-19)34-25(36)13-20(14-30-34)40-26-21(28)5-4-6-22(26)29/h4-6,11,13-14,17,19,23H,7-10,12,15H2,1-3H3,(H,31,32,37). The lowest BCUT2D eigenvalue weighted by molar-refractivity contribution is -0.146. The van der Waals surface area contributed by atoms with E-state index in [0.717, 1.165) is 34.8 Å². The molecule has 4 rings (SSSR count). The van der Waals surface area contributed by atoms with Crippen LogP contribution in [0.15, 0.2) is 41.3 Å². The van der Waals surface area contributed by atoms with Crippen molar-refractivity contribution >= 4 is 17.7 Å². The first-order chi connectivity index (χ1) is 19.1. The van der Waals surface area contributed by atoms with E-state index in [2.05, 4.69) is 15.5 Å². The van der Waals surface area contributed by atoms with Crippen LogP contribution in [-0.4, -0.2) is 50.8 Å². The van der Waals surface area contributed by atoms with E-state index >= 15 is 0 Å². The second-order valence-electron chi connectivity index (χ2n) is 9.70. The monoisotopic (exact) mass is 559 g/mol. The van der Waals surface area contributed by atoms with Crippen molar-refractivity contribution < 1.29 is 32.6 Å². The van der Waals surface area contributed by atoms with Gasteiger partial charge in [-0.3, -0.25) is 19.1 Å². The van der Waals surface area contributed by atoms with Crippen molar-refractivity contribution in [2.75, 3.05) is 18.5 Å². The van der Waals surface area contributed by atoms with Crippen LogP contribution in [0.1, 0.15) is 44.8 Å². The first kappa shape index (κ1) is 28.9. The Bertz CT molecular complexity index is 1400. The molecule has 1 aromatic carbocycles. The molecule has 1 fully saturated rings. The molecule has 3 heterocycles. The Morgan fingerprint density at radius 1 is 1.20 bits per heavy atom. The molecule has 1 N–H and O–H groups in total. The maximum absolute atomic E-state index is 14.0. The van der Waals surface area contributed by atoms with Crippen molar-refractivity contribution in [2.24, 2.45) is 5.92 Å². The average molecular weight is 560 g/mol. The molecule has 0 radical (unpaired) electrons. The highest BCUT2D eigenvalue weighted by atomic mass is 19.1. The highest BCUT2D eigenvalue weighted by molar-refractivity contribution is 5.92. The lowest BCUT2D eigenvalue weighted by Gasteiger charge is -2.26. The molecule has 2 atom stereocenters. The smallest absolute Gasteiger partial charge is 0.302 e. The molecule has 0 aliphatic carbocycles. The van der Waals surface area contributed by atoms with Crippen LogP contribution in [0, 0.1) is 24.5 Å². The van der Waals surface area contributed by atoms with Gasteiger partial charge in [0.25, 0.3) is 11.5 Å². The average Bonchev–Trinajstić information content (AvgIpc) is 3.23. The highest BCUT2D eigenvalue weighted by Gasteiger charge is 2.29. The van der Waals surface area contributed by atoms with Crippen LogP contribution in [0.2, 0.25) is 0 Å². The van der Waals surface area contributed by atoms with Crippen LogP contribution in [0.3, 0.4) is 0 Å². The lowest BCUT2D eigenvalue weighted by Crippen LogP contribution is -2.36. The maximum atomic E-state index is 14.0. The molecule has 2 unspecified atom stereocenters. The normalized spacial score (nSPS) is 15.3. The summed E-state index contributed by atoms with van der Waals surface area (Å²) in [5.41, 5.74) is 0.0471.